The Labute approximate surface area is 62.2 Å². The van der Waals surface area contributed by atoms with Gasteiger partial charge in [-0.1, -0.05) is 0 Å². The van der Waals surface area contributed by atoms with Gasteiger partial charge >= 0.3 is 14.1 Å². The summed E-state index contributed by atoms with van der Waals surface area (Å²) in [6.07, 6.45) is 0. The minimum Gasteiger partial charge on any atom is -0.319 e. The van der Waals surface area contributed by atoms with Gasteiger partial charge in [-0.15, -0.1) is 0 Å². The molecule has 1 aliphatic heterocycles. The summed E-state index contributed by atoms with van der Waals surface area (Å²) in [6.45, 7) is 1.31. The van der Waals surface area contributed by atoms with Gasteiger partial charge in [0.05, 0.1) is 4.65 Å². The van der Waals surface area contributed by atoms with E-state index in [9.17, 15) is 14.4 Å². The normalized spacial score (nSPS) is 17.4. The van der Waals surface area contributed by atoms with Gasteiger partial charge in [0.1, 0.15) is 0 Å². The standard InChI is InChI=1S/C3H3NO2.C2H3O.Al/c1-4(2-5)3-6;1-2-3;/h1H3;1H3;. The molecule has 1 aliphatic rings. The van der Waals surface area contributed by atoms with Crippen LogP contribution in [0.3, 0.4) is 0 Å². The van der Waals surface area contributed by atoms with Gasteiger partial charge in [-0.3, -0.25) is 9.59 Å². The van der Waals surface area contributed by atoms with E-state index in [1.807, 2.05) is 0 Å². The van der Waals surface area contributed by atoms with Gasteiger partial charge in [0.25, 0.3) is 0 Å². The van der Waals surface area contributed by atoms with Crippen molar-refractivity contribution in [2.75, 3.05) is 7.05 Å². The third-order valence-electron chi connectivity index (χ3n) is 1.56. The van der Waals surface area contributed by atoms with E-state index >= 15 is 0 Å². The maximum absolute atomic E-state index is 10.8. The fourth-order valence-corrected chi connectivity index (χ4v) is 2.61. The van der Waals surface area contributed by atoms with Crippen molar-refractivity contribution in [3.05, 3.63) is 0 Å². The van der Waals surface area contributed by atoms with Crippen molar-refractivity contribution in [1.82, 2.24) is 4.90 Å². The molecular formula is C5H6AlNO3. The van der Waals surface area contributed by atoms with Crippen molar-refractivity contribution in [1.29, 1.82) is 0 Å². The molecule has 0 bridgehead atoms. The zero-order valence-corrected chi connectivity index (χ0v) is 6.90. The van der Waals surface area contributed by atoms with E-state index in [4.69, 9.17) is 0 Å². The van der Waals surface area contributed by atoms with E-state index in [-0.39, 0.29) is 14.2 Å². The molecule has 0 aromatic carbocycles. The van der Waals surface area contributed by atoms with Crippen LogP contribution in [0.15, 0.2) is 0 Å². The molecule has 0 spiro atoms. The van der Waals surface area contributed by atoms with Crippen LogP contribution >= 0.6 is 0 Å². The monoisotopic (exact) mass is 155 g/mol. The number of rotatable bonds is 1. The van der Waals surface area contributed by atoms with Gasteiger partial charge in [-0.2, -0.15) is 0 Å². The Kier molecular flexibility index (Phi) is 1.63. The molecule has 4 nitrogen and oxygen atoms in total. The van der Waals surface area contributed by atoms with Crippen LogP contribution in [0.1, 0.15) is 6.92 Å². The van der Waals surface area contributed by atoms with E-state index in [1.54, 1.807) is 0 Å². The average Bonchev–Trinajstić information content (AvgIpc) is 1.87. The molecule has 0 aromatic rings. The van der Waals surface area contributed by atoms with E-state index in [1.165, 1.54) is 14.0 Å². The molecule has 0 unspecified atom stereocenters. The molecule has 0 aromatic heterocycles. The maximum Gasteiger partial charge on any atom is 0.615 e. The Balaban J connectivity index is 2.76. The Morgan fingerprint density at radius 1 is 1.40 bits per heavy atom. The summed E-state index contributed by atoms with van der Waals surface area (Å²) >= 11 is -2.31. The molecule has 2 amide bonds. The van der Waals surface area contributed by atoms with Crippen LogP contribution in [0.4, 0.5) is 9.59 Å². The van der Waals surface area contributed by atoms with Crippen molar-refractivity contribution >= 4 is 28.3 Å². The summed E-state index contributed by atoms with van der Waals surface area (Å²) < 4.78 is -0.733. The van der Waals surface area contributed by atoms with Crippen molar-refractivity contribution < 1.29 is 14.4 Å². The highest BCUT2D eigenvalue weighted by Gasteiger charge is 2.56. The maximum atomic E-state index is 10.8. The molecule has 5 heteroatoms. The molecule has 0 atom stereocenters. The van der Waals surface area contributed by atoms with Crippen LogP contribution in [-0.2, 0) is 4.79 Å². The summed E-state index contributed by atoms with van der Waals surface area (Å²) in [5.41, 5.74) is 0. The minimum atomic E-state index is -2.31. The number of amides is 2. The van der Waals surface area contributed by atoms with Crippen LogP contribution in [0.25, 0.3) is 0 Å². The first-order chi connectivity index (χ1) is 4.55. The van der Waals surface area contributed by atoms with Gasteiger partial charge in [0.2, 0.25) is 0 Å². The Morgan fingerprint density at radius 3 is 2.00 bits per heavy atom. The lowest BCUT2D eigenvalue weighted by Gasteiger charge is -2.28. The summed E-state index contributed by atoms with van der Waals surface area (Å²) in [4.78, 5) is 33.1. The lowest BCUT2D eigenvalue weighted by atomic mass is 10.9. The number of carbonyl (C=O) groups excluding carboxylic acids is 3. The summed E-state index contributed by atoms with van der Waals surface area (Å²) in [6, 6.07) is 0. The van der Waals surface area contributed by atoms with Crippen molar-refractivity contribution in [3.8, 4) is 0 Å². The number of nitrogens with zero attached hydrogens (tertiary/aromatic N) is 1. The third-order valence-corrected chi connectivity index (χ3v) is 4.14. The van der Waals surface area contributed by atoms with Crippen LogP contribution in [0.2, 0.25) is 0 Å². The topological polar surface area (TPSA) is 54.5 Å². The van der Waals surface area contributed by atoms with Gasteiger partial charge in [-0.25, -0.2) is 0 Å². The fourth-order valence-electron chi connectivity index (χ4n) is 0.883. The van der Waals surface area contributed by atoms with Crippen molar-refractivity contribution in [2.24, 2.45) is 0 Å². The van der Waals surface area contributed by atoms with Crippen molar-refractivity contribution in [3.63, 3.8) is 0 Å². The first kappa shape index (κ1) is 7.45. The molecule has 0 aliphatic carbocycles. The first-order valence-corrected chi connectivity index (χ1v) is 4.60. The first-order valence-electron chi connectivity index (χ1n) is 2.87. The highest BCUT2D eigenvalue weighted by molar-refractivity contribution is 7.32. The average molecular weight is 155 g/mol. The van der Waals surface area contributed by atoms with Crippen molar-refractivity contribution in [2.45, 2.75) is 6.92 Å². The van der Waals surface area contributed by atoms with Gasteiger partial charge in [-0.05, 0) is 6.92 Å². The second-order valence-electron chi connectivity index (χ2n) is 2.28. The van der Waals surface area contributed by atoms with Gasteiger partial charge in [0.15, 0.2) is 9.54 Å². The lowest BCUT2D eigenvalue weighted by Crippen LogP contribution is -2.65. The summed E-state index contributed by atoms with van der Waals surface area (Å²) in [5.74, 6) is 0. The molecule has 1 fully saturated rings. The number of imide groups is 1. The zero-order valence-electron chi connectivity index (χ0n) is 5.75. The third kappa shape index (κ3) is 0.789. The summed E-state index contributed by atoms with van der Waals surface area (Å²) in [7, 11) is 1.40. The predicted octanol–water partition coefficient (Wildman–Crippen LogP) is -0.0418. The largest absolute Gasteiger partial charge is 0.615 e. The minimum absolute atomic E-state index is 0.229. The molecule has 52 valence electrons. The predicted molar refractivity (Wildman–Crippen MR) is 35.0 cm³/mol. The SMILES string of the molecule is C[C](=O)[Al]1[C](=O)N(C)[C]1=O. The van der Waals surface area contributed by atoms with E-state index < -0.39 is 14.1 Å². The lowest BCUT2D eigenvalue weighted by molar-refractivity contribution is -0.110. The zero-order chi connectivity index (χ0) is 7.89. The molecule has 1 saturated heterocycles. The fraction of sp³-hybridized carbons (Fsp3) is 0.400. The van der Waals surface area contributed by atoms with E-state index in [2.05, 4.69) is 0 Å². The molecule has 1 rings (SSSR count). The van der Waals surface area contributed by atoms with E-state index in [0.29, 0.717) is 0 Å². The van der Waals surface area contributed by atoms with Crippen LogP contribution in [-0.4, -0.2) is 40.3 Å². The Bertz CT molecular complexity index is 209. The Morgan fingerprint density at radius 2 is 1.80 bits per heavy atom. The van der Waals surface area contributed by atoms with Gasteiger partial charge < -0.3 is 9.69 Å². The molecule has 0 radical (unpaired) electrons. The number of hydrogen-bond donors (Lipinski definition) is 0. The number of carbonyl (C=O) groups is 3. The quantitative estimate of drug-likeness (QED) is 0.499. The highest BCUT2D eigenvalue weighted by atomic mass is 27.2. The molecule has 1 heterocycles. The molecule has 10 heavy (non-hydrogen) atoms. The van der Waals surface area contributed by atoms with E-state index in [0.717, 1.165) is 4.90 Å². The van der Waals surface area contributed by atoms with Crippen LogP contribution in [0.5, 0.6) is 0 Å². The molecule has 0 N–H and O–H groups in total. The molecular weight excluding hydrogens is 149 g/mol. The van der Waals surface area contributed by atoms with Crippen LogP contribution in [0, 0.1) is 0 Å². The second-order valence-corrected chi connectivity index (χ2v) is 4.95. The molecule has 0 saturated carbocycles. The second kappa shape index (κ2) is 2.19. The number of hydrogen-bond acceptors (Lipinski definition) is 3. The Hall–Kier alpha value is -0.658. The van der Waals surface area contributed by atoms with Gasteiger partial charge in [0, 0.05) is 7.05 Å². The summed E-state index contributed by atoms with van der Waals surface area (Å²) in [5, 5.41) is 0. The highest BCUT2D eigenvalue weighted by Crippen LogP contribution is 2.11. The van der Waals surface area contributed by atoms with Crippen LogP contribution < -0.4 is 0 Å². The smallest absolute Gasteiger partial charge is 0.319 e.